The number of rotatable bonds is 4. The molecule has 1 aliphatic carbocycles. The van der Waals surface area contributed by atoms with Crippen molar-refractivity contribution in [1.82, 2.24) is 4.90 Å². The summed E-state index contributed by atoms with van der Waals surface area (Å²) in [6.07, 6.45) is 8.26. The van der Waals surface area contributed by atoms with Gasteiger partial charge in [-0.2, -0.15) is 0 Å². The molecule has 1 aromatic rings. The average molecular weight is 285 g/mol. The SMILES string of the molecule is CCOc1ccc2c(c1)CN(C(=O)CC1C=CCC1)CC2. The third-order valence-electron chi connectivity index (χ3n) is 4.40. The van der Waals surface area contributed by atoms with Crippen LogP contribution in [0, 0.1) is 5.92 Å². The molecule has 1 amide bonds. The van der Waals surface area contributed by atoms with Gasteiger partial charge in [-0.05, 0) is 55.4 Å². The molecule has 0 N–H and O–H groups in total. The number of hydrogen-bond donors (Lipinski definition) is 0. The molecular weight excluding hydrogens is 262 g/mol. The van der Waals surface area contributed by atoms with E-state index in [9.17, 15) is 4.79 Å². The van der Waals surface area contributed by atoms with E-state index in [1.165, 1.54) is 11.1 Å². The Kier molecular flexibility index (Phi) is 4.28. The number of benzene rings is 1. The molecule has 21 heavy (non-hydrogen) atoms. The predicted octanol–water partition coefficient (Wildman–Crippen LogP) is 3.33. The topological polar surface area (TPSA) is 29.5 Å². The van der Waals surface area contributed by atoms with Gasteiger partial charge in [-0.25, -0.2) is 0 Å². The highest BCUT2D eigenvalue weighted by Crippen LogP contribution is 2.26. The van der Waals surface area contributed by atoms with Crippen molar-refractivity contribution in [3.8, 4) is 5.75 Å². The highest BCUT2D eigenvalue weighted by atomic mass is 16.5. The zero-order valence-electron chi connectivity index (χ0n) is 12.7. The van der Waals surface area contributed by atoms with Gasteiger partial charge in [0.25, 0.3) is 0 Å². The maximum atomic E-state index is 12.4. The third-order valence-corrected chi connectivity index (χ3v) is 4.40. The lowest BCUT2D eigenvalue weighted by atomic mass is 9.98. The minimum absolute atomic E-state index is 0.291. The first-order valence-electron chi connectivity index (χ1n) is 7.95. The zero-order chi connectivity index (χ0) is 14.7. The summed E-state index contributed by atoms with van der Waals surface area (Å²) in [5, 5.41) is 0. The molecule has 0 bridgehead atoms. The summed E-state index contributed by atoms with van der Waals surface area (Å²) in [4.78, 5) is 14.4. The first kappa shape index (κ1) is 14.2. The van der Waals surface area contributed by atoms with E-state index >= 15 is 0 Å². The van der Waals surface area contributed by atoms with Crippen LogP contribution >= 0.6 is 0 Å². The molecule has 3 nitrogen and oxygen atoms in total. The second-order valence-corrected chi connectivity index (χ2v) is 5.90. The van der Waals surface area contributed by atoms with Gasteiger partial charge in [0.05, 0.1) is 6.61 Å². The van der Waals surface area contributed by atoms with Crippen LogP contribution in [0.5, 0.6) is 5.75 Å². The number of fused-ring (bicyclic) bond motifs is 1. The quantitative estimate of drug-likeness (QED) is 0.794. The summed E-state index contributed by atoms with van der Waals surface area (Å²) in [6, 6.07) is 6.26. The van der Waals surface area contributed by atoms with Crippen LogP contribution in [0.3, 0.4) is 0 Å². The number of nitrogens with zero attached hydrogens (tertiary/aromatic N) is 1. The number of hydrogen-bond acceptors (Lipinski definition) is 2. The lowest BCUT2D eigenvalue weighted by molar-refractivity contribution is -0.132. The van der Waals surface area contributed by atoms with E-state index in [0.717, 1.165) is 38.1 Å². The van der Waals surface area contributed by atoms with Crippen LogP contribution in [0.25, 0.3) is 0 Å². The van der Waals surface area contributed by atoms with E-state index in [0.29, 0.717) is 24.9 Å². The number of ether oxygens (including phenoxy) is 1. The largest absolute Gasteiger partial charge is 0.494 e. The van der Waals surface area contributed by atoms with Gasteiger partial charge < -0.3 is 9.64 Å². The zero-order valence-corrected chi connectivity index (χ0v) is 12.7. The molecule has 0 saturated carbocycles. The van der Waals surface area contributed by atoms with Crippen LogP contribution < -0.4 is 4.74 Å². The highest BCUT2D eigenvalue weighted by Gasteiger charge is 2.23. The summed E-state index contributed by atoms with van der Waals surface area (Å²) in [5.41, 5.74) is 2.59. The van der Waals surface area contributed by atoms with Crippen molar-refractivity contribution in [2.45, 2.75) is 39.2 Å². The van der Waals surface area contributed by atoms with Crippen LogP contribution in [0.1, 0.15) is 37.3 Å². The van der Waals surface area contributed by atoms with Gasteiger partial charge in [-0.1, -0.05) is 18.2 Å². The number of allylic oxidation sites excluding steroid dienone is 2. The molecule has 2 aliphatic rings. The van der Waals surface area contributed by atoms with Crippen molar-refractivity contribution >= 4 is 5.91 Å². The molecular formula is C18H23NO2. The average Bonchev–Trinajstić information content (AvgIpc) is 3.00. The molecule has 3 heteroatoms. The molecule has 1 aliphatic heterocycles. The summed E-state index contributed by atoms with van der Waals surface area (Å²) in [6.45, 7) is 4.24. The molecule has 1 atom stereocenters. The van der Waals surface area contributed by atoms with Crippen molar-refractivity contribution in [2.75, 3.05) is 13.2 Å². The van der Waals surface area contributed by atoms with E-state index in [1.807, 2.05) is 17.9 Å². The first-order chi connectivity index (χ1) is 10.3. The Hall–Kier alpha value is -1.77. The smallest absolute Gasteiger partial charge is 0.223 e. The van der Waals surface area contributed by atoms with Crippen LogP contribution in [0.4, 0.5) is 0 Å². The Morgan fingerprint density at radius 3 is 3.05 bits per heavy atom. The normalized spacial score (nSPS) is 20.4. The second-order valence-electron chi connectivity index (χ2n) is 5.90. The lowest BCUT2D eigenvalue weighted by Gasteiger charge is -2.30. The van der Waals surface area contributed by atoms with Gasteiger partial charge in [0.2, 0.25) is 5.91 Å². The van der Waals surface area contributed by atoms with Crippen LogP contribution in [0.15, 0.2) is 30.4 Å². The van der Waals surface area contributed by atoms with Crippen molar-refractivity contribution < 1.29 is 9.53 Å². The van der Waals surface area contributed by atoms with Crippen LogP contribution in [-0.4, -0.2) is 24.0 Å². The van der Waals surface area contributed by atoms with E-state index in [-0.39, 0.29) is 0 Å². The highest BCUT2D eigenvalue weighted by molar-refractivity contribution is 5.77. The Labute approximate surface area is 126 Å². The standard InChI is InChI=1S/C18H23NO2/c1-2-21-17-8-7-15-9-10-19(13-16(15)12-17)18(20)11-14-5-3-4-6-14/h3,5,7-8,12,14H,2,4,6,9-11,13H2,1H3. The lowest BCUT2D eigenvalue weighted by Crippen LogP contribution is -2.36. The Morgan fingerprint density at radius 1 is 1.38 bits per heavy atom. The predicted molar refractivity (Wildman–Crippen MR) is 83.2 cm³/mol. The van der Waals surface area contributed by atoms with Gasteiger partial charge in [-0.3, -0.25) is 4.79 Å². The number of carbonyl (C=O) groups is 1. The fraction of sp³-hybridized carbons (Fsp3) is 0.500. The van der Waals surface area contributed by atoms with E-state index in [4.69, 9.17) is 4.74 Å². The molecule has 1 unspecified atom stereocenters. The van der Waals surface area contributed by atoms with E-state index in [1.54, 1.807) is 0 Å². The molecule has 0 aromatic heterocycles. The molecule has 112 valence electrons. The third kappa shape index (κ3) is 3.29. The number of amides is 1. The summed E-state index contributed by atoms with van der Waals surface area (Å²) >= 11 is 0. The Balaban J connectivity index is 1.66. The van der Waals surface area contributed by atoms with Gasteiger partial charge >= 0.3 is 0 Å². The van der Waals surface area contributed by atoms with E-state index < -0.39 is 0 Å². The fourth-order valence-corrected chi connectivity index (χ4v) is 3.22. The molecule has 1 aromatic carbocycles. The summed E-state index contributed by atoms with van der Waals surface area (Å²) < 4.78 is 5.56. The van der Waals surface area contributed by atoms with Gasteiger partial charge in [0, 0.05) is 19.5 Å². The maximum Gasteiger partial charge on any atom is 0.223 e. The first-order valence-corrected chi connectivity index (χ1v) is 7.95. The summed E-state index contributed by atoms with van der Waals surface area (Å²) in [5.74, 6) is 1.65. The molecule has 3 rings (SSSR count). The molecule has 0 spiro atoms. The maximum absolute atomic E-state index is 12.4. The summed E-state index contributed by atoms with van der Waals surface area (Å²) in [7, 11) is 0. The van der Waals surface area contributed by atoms with Gasteiger partial charge in [0.1, 0.15) is 5.75 Å². The van der Waals surface area contributed by atoms with Gasteiger partial charge in [0.15, 0.2) is 0 Å². The van der Waals surface area contributed by atoms with Crippen LogP contribution in [-0.2, 0) is 17.8 Å². The van der Waals surface area contributed by atoms with Crippen molar-refractivity contribution in [3.05, 3.63) is 41.5 Å². The molecule has 0 saturated heterocycles. The minimum Gasteiger partial charge on any atom is -0.494 e. The molecule has 0 fully saturated rings. The molecule has 0 radical (unpaired) electrons. The fourth-order valence-electron chi connectivity index (χ4n) is 3.22. The minimum atomic E-state index is 0.291. The number of carbonyl (C=O) groups excluding carboxylic acids is 1. The van der Waals surface area contributed by atoms with Crippen molar-refractivity contribution in [2.24, 2.45) is 5.92 Å². The van der Waals surface area contributed by atoms with Crippen molar-refractivity contribution in [3.63, 3.8) is 0 Å². The Morgan fingerprint density at radius 2 is 2.29 bits per heavy atom. The van der Waals surface area contributed by atoms with Crippen LogP contribution in [0.2, 0.25) is 0 Å². The Bertz CT molecular complexity index is 550. The molecule has 1 heterocycles. The van der Waals surface area contributed by atoms with Gasteiger partial charge in [-0.15, -0.1) is 0 Å². The second kappa shape index (κ2) is 6.33. The van der Waals surface area contributed by atoms with E-state index in [2.05, 4.69) is 24.3 Å². The monoisotopic (exact) mass is 285 g/mol. The van der Waals surface area contributed by atoms with Crippen molar-refractivity contribution in [1.29, 1.82) is 0 Å².